The van der Waals surface area contributed by atoms with Crippen molar-refractivity contribution >= 4 is 17.4 Å². The molecule has 2 aromatic carbocycles. The zero-order chi connectivity index (χ0) is 34.5. The fourth-order valence-electron chi connectivity index (χ4n) is 4.88. The van der Waals surface area contributed by atoms with E-state index in [-0.39, 0.29) is 18.2 Å². The monoisotopic (exact) mass is 653 g/mol. The zero-order valence-corrected chi connectivity index (χ0v) is 30.3. The van der Waals surface area contributed by atoms with Crippen molar-refractivity contribution in [1.82, 2.24) is 15.2 Å². The second kappa shape index (κ2) is 23.3. The van der Waals surface area contributed by atoms with Crippen molar-refractivity contribution < 1.29 is 13.9 Å². The van der Waals surface area contributed by atoms with Gasteiger partial charge in [-0.05, 0) is 115 Å². The van der Waals surface area contributed by atoms with E-state index in [4.69, 9.17) is 16.3 Å². The summed E-state index contributed by atoms with van der Waals surface area (Å²) in [5.74, 6) is 0.736. The first kappa shape index (κ1) is 41.0. The topological polar surface area (TPSA) is 54.5 Å². The summed E-state index contributed by atoms with van der Waals surface area (Å²) >= 11 is 5.78. The van der Waals surface area contributed by atoms with Crippen LogP contribution in [0.5, 0.6) is 5.88 Å². The predicted molar refractivity (Wildman–Crippen MR) is 194 cm³/mol. The normalized spacial score (nSPS) is 14.1. The number of benzene rings is 2. The molecule has 7 heteroatoms. The molecule has 3 aromatic rings. The number of ether oxygens (including phenoxy) is 1. The average Bonchev–Trinajstić information content (AvgIpc) is 3.65. The first-order valence-electron chi connectivity index (χ1n) is 16.8. The Bertz CT molecular complexity index is 1310. The number of carbonyl (C=O) groups excluding carboxylic acids is 1. The van der Waals surface area contributed by atoms with Gasteiger partial charge in [0.15, 0.2) is 5.78 Å². The standard InChI is InChI=1S/C21H24ClFN2O.C10H12O.C4H9N.2C2H6/c1-15(2)13-25-10-8-16(9-11-25)20-4-3-5-21(24-20)26-14-17-6-7-18(22)12-19(17)23;1-7-4-5-10(9(3)11)6-8(7)2;1-2-4-5-3-1;2*1-2/h3-7,12,16H,1,8-11,13-14H2,2H3;4-6H,1-3H3;5H,1-4H2;2*1-2H3. The molecule has 0 amide bonds. The molecule has 0 unspecified atom stereocenters. The highest BCUT2D eigenvalue weighted by molar-refractivity contribution is 6.30. The number of pyridine rings is 1. The van der Waals surface area contributed by atoms with Crippen LogP contribution in [0, 0.1) is 19.7 Å². The number of hydrogen-bond donors (Lipinski definition) is 1. The lowest BCUT2D eigenvalue weighted by Crippen LogP contribution is -2.34. The summed E-state index contributed by atoms with van der Waals surface area (Å²) in [5.41, 5.74) is 5.93. The van der Waals surface area contributed by atoms with E-state index >= 15 is 0 Å². The van der Waals surface area contributed by atoms with Gasteiger partial charge in [0.25, 0.3) is 0 Å². The van der Waals surface area contributed by atoms with Gasteiger partial charge in [-0.25, -0.2) is 9.37 Å². The molecule has 3 heterocycles. The summed E-state index contributed by atoms with van der Waals surface area (Å²) in [6.07, 6.45) is 4.94. The lowest BCUT2D eigenvalue weighted by molar-refractivity contribution is 0.101. The number of nitrogens with one attached hydrogen (secondary N) is 1. The number of aryl methyl sites for hydroxylation is 2. The minimum Gasteiger partial charge on any atom is -0.473 e. The van der Waals surface area contributed by atoms with Gasteiger partial charge in [0, 0.05) is 40.4 Å². The third-order valence-electron chi connectivity index (χ3n) is 7.51. The molecule has 0 spiro atoms. The average molecular weight is 654 g/mol. The summed E-state index contributed by atoms with van der Waals surface area (Å²) in [4.78, 5) is 18.0. The smallest absolute Gasteiger partial charge is 0.213 e. The molecule has 0 radical (unpaired) electrons. The molecule has 0 aliphatic carbocycles. The Morgan fingerprint density at radius 1 is 0.978 bits per heavy atom. The maximum Gasteiger partial charge on any atom is 0.213 e. The van der Waals surface area contributed by atoms with Gasteiger partial charge in [0.05, 0.1) is 0 Å². The van der Waals surface area contributed by atoms with E-state index in [2.05, 4.69) is 34.8 Å². The second-order valence-corrected chi connectivity index (χ2v) is 11.7. The van der Waals surface area contributed by atoms with Crippen molar-refractivity contribution in [3.8, 4) is 5.88 Å². The highest BCUT2D eigenvalue weighted by Crippen LogP contribution is 2.28. The molecule has 0 saturated carbocycles. The van der Waals surface area contributed by atoms with Crippen molar-refractivity contribution in [1.29, 1.82) is 0 Å². The number of aromatic nitrogens is 1. The summed E-state index contributed by atoms with van der Waals surface area (Å²) in [6.45, 7) is 25.4. The number of nitrogens with zero attached hydrogens (tertiary/aromatic N) is 2. The van der Waals surface area contributed by atoms with Crippen LogP contribution in [0.25, 0.3) is 0 Å². The van der Waals surface area contributed by atoms with Gasteiger partial charge >= 0.3 is 0 Å². The Morgan fingerprint density at radius 3 is 2.15 bits per heavy atom. The molecule has 254 valence electrons. The lowest BCUT2D eigenvalue weighted by atomic mass is 9.93. The molecule has 46 heavy (non-hydrogen) atoms. The molecule has 5 nitrogen and oxygen atoms in total. The Balaban J connectivity index is 0.000000433. The summed E-state index contributed by atoms with van der Waals surface area (Å²) < 4.78 is 19.6. The number of ketones is 1. The van der Waals surface area contributed by atoms with E-state index in [1.807, 2.05) is 71.9 Å². The first-order chi connectivity index (χ1) is 22.1. The Hall–Kier alpha value is -3.06. The van der Waals surface area contributed by atoms with Crippen LogP contribution >= 0.6 is 11.6 Å². The number of carbonyl (C=O) groups is 1. The molecule has 2 fully saturated rings. The van der Waals surface area contributed by atoms with Crippen LogP contribution < -0.4 is 10.1 Å². The molecule has 2 aliphatic heterocycles. The first-order valence-corrected chi connectivity index (χ1v) is 17.2. The minimum atomic E-state index is -0.362. The van der Waals surface area contributed by atoms with Crippen LogP contribution in [0.2, 0.25) is 5.02 Å². The predicted octanol–water partition coefficient (Wildman–Crippen LogP) is 10.1. The number of hydrogen-bond acceptors (Lipinski definition) is 5. The quantitative estimate of drug-likeness (QED) is 0.203. The van der Waals surface area contributed by atoms with E-state index < -0.39 is 0 Å². The molecule has 5 rings (SSSR count). The SMILES string of the molecule is C1CCNC1.C=C(C)CN1CCC(c2cccc(OCc3ccc(Cl)cc3F)n2)CC1.CC.CC.CC(=O)c1ccc(C)c(C)c1. The van der Waals surface area contributed by atoms with Crippen LogP contribution in [-0.4, -0.2) is 48.4 Å². The van der Waals surface area contributed by atoms with Gasteiger partial charge in [0.2, 0.25) is 5.88 Å². The molecule has 2 aliphatic rings. The van der Waals surface area contributed by atoms with E-state index in [9.17, 15) is 9.18 Å². The Labute approximate surface area is 283 Å². The van der Waals surface area contributed by atoms with E-state index in [0.717, 1.165) is 43.7 Å². The number of halogens is 2. The highest BCUT2D eigenvalue weighted by atomic mass is 35.5. The molecular weight excluding hydrogens is 597 g/mol. The van der Waals surface area contributed by atoms with Crippen LogP contribution in [0.1, 0.15) is 106 Å². The maximum atomic E-state index is 13.9. The van der Waals surface area contributed by atoms with Gasteiger partial charge in [0.1, 0.15) is 12.4 Å². The second-order valence-electron chi connectivity index (χ2n) is 11.2. The third kappa shape index (κ3) is 15.5. The van der Waals surface area contributed by atoms with E-state index in [1.165, 1.54) is 48.7 Å². The Morgan fingerprint density at radius 2 is 1.63 bits per heavy atom. The molecule has 1 N–H and O–H groups in total. The number of rotatable bonds is 7. The molecule has 0 bridgehead atoms. The van der Waals surface area contributed by atoms with Crippen molar-refractivity contribution in [2.24, 2.45) is 0 Å². The van der Waals surface area contributed by atoms with Crippen molar-refractivity contribution in [2.75, 3.05) is 32.7 Å². The summed E-state index contributed by atoms with van der Waals surface area (Å²) in [6, 6.07) is 16.2. The van der Waals surface area contributed by atoms with Crippen LogP contribution in [0.15, 0.2) is 66.7 Å². The van der Waals surface area contributed by atoms with Crippen LogP contribution in [-0.2, 0) is 6.61 Å². The number of Topliss-reactive ketones (excluding diaryl/α,β-unsaturated/α-hetero) is 1. The van der Waals surface area contributed by atoms with Crippen molar-refractivity contribution in [3.05, 3.63) is 106 Å². The van der Waals surface area contributed by atoms with Crippen LogP contribution in [0.3, 0.4) is 0 Å². The fraction of sp³-hybridized carbons (Fsp3) is 0.487. The van der Waals surface area contributed by atoms with Gasteiger partial charge in [-0.15, -0.1) is 0 Å². The van der Waals surface area contributed by atoms with E-state index in [0.29, 0.717) is 22.4 Å². The lowest BCUT2D eigenvalue weighted by Gasteiger charge is -2.31. The molecular formula is C39H57ClFN3O2. The van der Waals surface area contributed by atoms with E-state index in [1.54, 1.807) is 19.1 Å². The number of likely N-dealkylation sites (tertiary alicyclic amines) is 1. The van der Waals surface area contributed by atoms with Crippen molar-refractivity contribution in [2.45, 2.75) is 93.6 Å². The minimum absolute atomic E-state index is 0.133. The zero-order valence-electron chi connectivity index (χ0n) is 29.5. The van der Waals surface area contributed by atoms with Gasteiger partial charge < -0.3 is 10.1 Å². The third-order valence-corrected chi connectivity index (χ3v) is 7.74. The van der Waals surface area contributed by atoms with Crippen LogP contribution in [0.4, 0.5) is 4.39 Å². The number of piperidine rings is 1. The largest absolute Gasteiger partial charge is 0.473 e. The van der Waals surface area contributed by atoms with Gasteiger partial charge in [-0.1, -0.05) is 75.7 Å². The summed E-state index contributed by atoms with van der Waals surface area (Å²) in [5, 5.41) is 3.60. The van der Waals surface area contributed by atoms with Gasteiger partial charge in [-0.3, -0.25) is 9.69 Å². The molecule has 2 saturated heterocycles. The Kier molecular flexibility index (Phi) is 20.7. The fourth-order valence-corrected chi connectivity index (χ4v) is 5.04. The highest BCUT2D eigenvalue weighted by Gasteiger charge is 2.21. The molecule has 1 aromatic heterocycles. The van der Waals surface area contributed by atoms with Crippen molar-refractivity contribution in [3.63, 3.8) is 0 Å². The maximum absolute atomic E-state index is 13.9. The summed E-state index contributed by atoms with van der Waals surface area (Å²) in [7, 11) is 0. The van der Waals surface area contributed by atoms with Gasteiger partial charge in [-0.2, -0.15) is 0 Å². The molecule has 0 atom stereocenters.